The Morgan fingerprint density at radius 3 is 2.85 bits per heavy atom. The molecule has 0 spiro atoms. The van der Waals surface area contributed by atoms with Gasteiger partial charge in [-0.2, -0.15) is 0 Å². The lowest BCUT2D eigenvalue weighted by molar-refractivity contribution is -0.146. The van der Waals surface area contributed by atoms with Crippen molar-refractivity contribution >= 4 is 5.97 Å². The second-order valence-electron chi connectivity index (χ2n) is 7.21. The topological polar surface area (TPSA) is 55.6 Å². The maximum Gasteiger partial charge on any atom is 0.323 e. The third-order valence-corrected chi connectivity index (χ3v) is 5.68. The number of halogens is 1. The number of ether oxygens (including phenoxy) is 1. The summed E-state index contributed by atoms with van der Waals surface area (Å²) in [4.78, 5) is 19.1. The van der Waals surface area contributed by atoms with E-state index in [2.05, 4.69) is 9.88 Å². The maximum absolute atomic E-state index is 13.1. The van der Waals surface area contributed by atoms with Gasteiger partial charge in [-0.05, 0) is 49.4 Å². The number of carbonyl (C=O) groups is 1. The highest BCUT2D eigenvalue weighted by Gasteiger charge is 2.45. The molecule has 3 atom stereocenters. The van der Waals surface area contributed by atoms with Crippen LogP contribution in [0.4, 0.5) is 4.39 Å². The van der Waals surface area contributed by atoms with Crippen LogP contribution in [0.5, 0.6) is 0 Å². The van der Waals surface area contributed by atoms with Crippen LogP contribution in [-0.4, -0.2) is 35.0 Å². The molecule has 1 saturated heterocycles. The molecule has 0 bridgehead atoms. The van der Waals surface area contributed by atoms with Crippen LogP contribution in [0.15, 0.2) is 34.9 Å². The van der Waals surface area contributed by atoms with Crippen LogP contribution in [0.3, 0.4) is 0 Å². The van der Waals surface area contributed by atoms with E-state index in [1.165, 1.54) is 38.5 Å². The van der Waals surface area contributed by atoms with Crippen molar-refractivity contribution in [2.24, 2.45) is 5.92 Å². The van der Waals surface area contributed by atoms with Crippen LogP contribution in [-0.2, 0) is 16.1 Å². The summed E-state index contributed by atoms with van der Waals surface area (Å²) in [6.45, 7) is 0.561. The molecule has 1 aliphatic heterocycles. The summed E-state index contributed by atoms with van der Waals surface area (Å²) in [6, 6.07) is 6.27. The summed E-state index contributed by atoms with van der Waals surface area (Å²) >= 11 is 0. The smallest absolute Gasteiger partial charge is 0.323 e. The second kappa shape index (κ2) is 7.19. The van der Waals surface area contributed by atoms with Crippen molar-refractivity contribution in [3.8, 4) is 11.5 Å². The Labute approximate surface area is 152 Å². The number of oxazole rings is 1. The first kappa shape index (κ1) is 17.2. The number of carbonyl (C=O) groups excluding carboxylic acids is 1. The lowest BCUT2D eigenvalue weighted by atomic mass is 9.85. The molecule has 6 heteroatoms. The van der Waals surface area contributed by atoms with Crippen molar-refractivity contribution in [3.63, 3.8) is 0 Å². The summed E-state index contributed by atoms with van der Waals surface area (Å²) in [5, 5.41) is 0. The average molecular weight is 358 g/mol. The van der Waals surface area contributed by atoms with Crippen molar-refractivity contribution in [2.45, 2.75) is 50.7 Å². The number of hydrogen-bond acceptors (Lipinski definition) is 5. The molecule has 0 unspecified atom stereocenters. The zero-order valence-electron chi connectivity index (χ0n) is 14.9. The third kappa shape index (κ3) is 3.26. The first-order valence-corrected chi connectivity index (χ1v) is 9.19. The van der Waals surface area contributed by atoms with Crippen molar-refractivity contribution in [1.29, 1.82) is 0 Å². The van der Waals surface area contributed by atoms with Crippen molar-refractivity contribution < 1.29 is 18.3 Å². The molecular formula is C20H23FN2O3. The molecule has 2 fully saturated rings. The fourth-order valence-electron chi connectivity index (χ4n) is 4.44. The van der Waals surface area contributed by atoms with Crippen LogP contribution in [0, 0.1) is 11.7 Å². The molecule has 2 aliphatic rings. The molecule has 1 aromatic carbocycles. The molecule has 1 saturated carbocycles. The SMILES string of the molecule is COC(=O)[C@@H]1C[C@@H]2CCCC[C@@H]2N1Cc1coc(-c2ccc(F)cc2)n1. The molecule has 0 radical (unpaired) electrons. The number of esters is 1. The van der Waals surface area contributed by atoms with Gasteiger partial charge in [0.1, 0.15) is 18.1 Å². The van der Waals surface area contributed by atoms with Gasteiger partial charge in [-0.15, -0.1) is 0 Å². The molecule has 1 aliphatic carbocycles. The normalized spacial score (nSPS) is 25.8. The second-order valence-corrected chi connectivity index (χ2v) is 7.21. The minimum Gasteiger partial charge on any atom is -0.468 e. The lowest BCUT2D eigenvalue weighted by Crippen LogP contribution is -2.42. The van der Waals surface area contributed by atoms with E-state index < -0.39 is 0 Å². The molecule has 26 heavy (non-hydrogen) atoms. The number of aromatic nitrogens is 1. The summed E-state index contributed by atoms with van der Waals surface area (Å²) < 4.78 is 23.7. The quantitative estimate of drug-likeness (QED) is 0.779. The Morgan fingerprint density at radius 2 is 2.08 bits per heavy atom. The molecular weight excluding hydrogens is 335 g/mol. The van der Waals surface area contributed by atoms with Crippen LogP contribution in [0.2, 0.25) is 0 Å². The molecule has 5 nitrogen and oxygen atoms in total. The number of benzene rings is 1. The predicted molar refractivity (Wildman–Crippen MR) is 93.6 cm³/mol. The first-order chi connectivity index (χ1) is 12.7. The molecule has 0 N–H and O–H groups in total. The highest BCUT2D eigenvalue weighted by Crippen LogP contribution is 2.40. The third-order valence-electron chi connectivity index (χ3n) is 5.68. The van der Waals surface area contributed by atoms with Gasteiger partial charge in [-0.1, -0.05) is 12.8 Å². The Kier molecular flexibility index (Phi) is 4.76. The number of fused-ring (bicyclic) bond motifs is 1. The van der Waals surface area contributed by atoms with Gasteiger partial charge in [0.25, 0.3) is 0 Å². The molecule has 1 aromatic heterocycles. The summed E-state index contributed by atoms with van der Waals surface area (Å²) in [5.74, 6) is 0.564. The van der Waals surface area contributed by atoms with E-state index in [0.717, 1.165) is 24.1 Å². The van der Waals surface area contributed by atoms with Gasteiger partial charge in [-0.3, -0.25) is 9.69 Å². The molecule has 2 heterocycles. The van der Waals surface area contributed by atoms with Gasteiger partial charge in [0.2, 0.25) is 5.89 Å². The monoisotopic (exact) mass is 358 g/mol. The lowest BCUT2D eigenvalue weighted by Gasteiger charge is -2.32. The van der Waals surface area contributed by atoms with Crippen LogP contribution in [0.1, 0.15) is 37.8 Å². The van der Waals surface area contributed by atoms with E-state index in [9.17, 15) is 9.18 Å². The van der Waals surface area contributed by atoms with Gasteiger partial charge in [0.15, 0.2) is 0 Å². The van der Waals surface area contributed by atoms with Gasteiger partial charge in [-0.25, -0.2) is 9.37 Å². The fraction of sp³-hybridized carbons (Fsp3) is 0.500. The van der Waals surface area contributed by atoms with Crippen molar-refractivity contribution in [1.82, 2.24) is 9.88 Å². The summed E-state index contributed by atoms with van der Waals surface area (Å²) in [6.07, 6.45) is 7.21. The standard InChI is InChI=1S/C20H23FN2O3/c1-25-20(24)18-10-14-4-2-3-5-17(14)23(18)11-16-12-26-19(22-16)13-6-8-15(21)9-7-13/h6-9,12,14,17-18H,2-5,10-11H2,1H3/t14-,17-,18-/m0/s1. The number of likely N-dealkylation sites (tertiary alicyclic amines) is 1. The molecule has 138 valence electrons. The van der Waals surface area contributed by atoms with Gasteiger partial charge in [0.05, 0.1) is 12.8 Å². The molecule has 0 amide bonds. The van der Waals surface area contributed by atoms with Crippen molar-refractivity contribution in [2.75, 3.05) is 7.11 Å². The number of nitrogens with zero attached hydrogens (tertiary/aromatic N) is 2. The Morgan fingerprint density at radius 1 is 1.31 bits per heavy atom. The van der Waals surface area contributed by atoms with Crippen LogP contribution >= 0.6 is 0 Å². The Hall–Kier alpha value is -2.21. The Balaban J connectivity index is 1.54. The van der Waals surface area contributed by atoms with E-state index in [0.29, 0.717) is 24.4 Å². The van der Waals surface area contributed by atoms with E-state index in [1.54, 1.807) is 18.4 Å². The van der Waals surface area contributed by atoms with Crippen LogP contribution in [0.25, 0.3) is 11.5 Å². The van der Waals surface area contributed by atoms with E-state index >= 15 is 0 Å². The highest BCUT2D eigenvalue weighted by atomic mass is 19.1. The predicted octanol–water partition coefficient (Wildman–Crippen LogP) is 3.79. The first-order valence-electron chi connectivity index (χ1n) is 9.19. The van der Waals surface area contributed by atoms with Gasteiger partial charge >= 0.3 is 5.97 Å². The minimum absolute atomic E-state index is 0.165. The number of hydrogen-bond donors (Lipinski definition) is 0. The number of rotatable bonds is 4. The van der Waals surface area contributed by atoms with E-state index in [1.807, 2.05) is 0 Å². The van der Waals surface area contributed by atoms with E-state index in [4.69, 9.17) is 9.15 Å². The molecule has 4 rings (SSSR count). The average Bonchev–Trinajstić information content (AvgIpc) is 3.27. The molecule has 2 aromatic rings. The zero-order chi connectivity index (χ0) is 18.1. The van der Waals surface area contributed by atoms with Gasteiger partial charge < -0.3 is 9.15 Å². The Bertz CT molecular complexity index is 774. The van der Waals surface area contributed by atoms with Crippen molar-refractivity contribution in [3.05, 3.63) is 42.0 Å². The maximum atomic E-state index is 13.1. The fourth-order valence-corrected chi connectivity index (χ4v) is 4.44. The minimum atomic E-state index is -0.290. The summed E-state index contributed by atoms with van der Waals surface area (Å²) in [5.41, 5.74) is 1.52. The van der Waals surface area contributed by atoms with Gasteiger partial charge in [0, 0.05) is 18.2 Å². The number of methoxy groups -OCH3 is 1. The summed E-state index contributed by atoms with van der Waals surface area (Å²) in [7, 11) is 1.45. The zero-order valence-corrected chi connectivity index (χ0v) is 14.9. The van der Waals surface area contributed by atoms with E-state index in [-0.39, 0.29) is 17.8 Å². The van der Waals surface area contributed by atoms with Crippen LogP contribution < -0.4 is 0 Å². The largest absolute Gasteiger partial charge is 0.468 e. The highest BCUT2D eigenvalue weighted by molar-refractivity contribution is 5.76.